The van der Waals surface area contributed by atoms with Crippen molar-refractivity contribution in [2.75, 3.05) is 12.4 Å². The lowest BCUT2D eigenvalue weighted by Gasteiger charge is -2.08. The lowest BCUT2D eigenvalue weighted by molar-refractivity contribution is 0.358. The van der Waals surface area contributed by atoms with Crippen molar-refractivity contribution in [1.29, 1.82) is 0 Å². The van der Waals surface area contributed by atoms with Crippen LogP contribution in [0.25, 0.3) is 0 Å². The van der Waals surface area contributed by atoms with Gasteiger partial charge in [0.25, 0.3) is 0 Å². The Labute approximate surface area is 120 Å². The number of halogens is 3. The van der Waals surface area contributed by atoms with Crippen LogP contribution in [0.15, 0.2) is 37.7 Å². The van der Waals surface area contributed by atoms with Gasteiger partial charge in [0, 0.05) is 10.2 Å². The molecule has 0 aliphatic rings. The van der Waals surface area contributed by atoms with Crippen LogP contribution >= 0.6 is 60.4 Å². The first-order valence-electron chi connectivity index (χ1n) is 4.18. The van der Waals surface area contributed by atoms with Crippen LogP contribution in [0, 0.1) is 0 Å². The van der Waals surface area contributed by atoms with E-state index in [-0.39, 0.29) is 0 Å². The lowest BCUT2D eigenvalue weighted by atomic mass is 10.3. The van der Waals surface area contributed by atoms with Crippen LogP contribution in [0.3, 0.4) is 0 Å². The second kappa shape index (κ2) is 6.99. The first-order chi connectivity index (χ1) is 7.15. The molecule has 0 atom stereocenters. The van der Waals surface area contributed by atoms with E-state index < -0.39 is 0 Å². The molecule has 82 valence electrons. The van der Waals surface area contributed by atoms with Crippen LogP contribution in [-0.4, -0.2) is 12.4 Å². The lowest BCUT2D eigenvalue weighted by Crippen LogP contribution is -1.95. The van der Waals surface area contributed by atoms with Crippen LogP contribution in [0.2, 0.25) is 0 Å². The molecule has 0 saturated carbocycles. The number of hydrogen-bond acceptors (Lipinski definition) is 2. The molecule has 0 N–H and O–H groups in total. The summed E-state index contributed by atoms with van der Waals surface area (Å²) < 4.78 is 8.43. The Balaban J connectivity index is 2.72. The maximum atomic E-state index is 5.59. The molecule has 0 radical (unpaired) electrons. The van der Waals surface area contributed by atoms with E-state index in [1.54, 1.807) is 0 Å². The summed E-state index contributed by atoms with van der Waals surface area (Å²) in [6.45, 7) is 0.541. The van der Waals surface area contributed by atoms with Gasteiger partial charge in [0.15, 0.2) is 0 Å². The highest BCUT2D eigenvalue weighted by molar-refractivity contribution is 9.11. The molecule has 0 aromatic heterocycles. The molecule has 0 fully saturated rings. The highest BCUT2D eigenvalue weighted by Crippen LogP contribution is 2.36. The molecule has 0 aliphatic carbocycles. The molecule has 0 saturated heterocycles. The SMILES string of the molecule is SCC=CCOc1c(Br)cc(Br)cc1Br. The van der Waals surface area contributed by atoms with Gasteiger partial charge >= 0.3 is 0 Å². The Bertz CT molecular complexity index is 343. The van der Waals surface area contributed by atoms with Crippen LogP contribution in [0.1, 0.15) is 0 Å². The van der Waals surface area contributed by atoms with Crippen molar-refractivity contribution >= 4 is 60.4 Å². The van der Waals surface area contributed by atoms with E-state index in [9.17, 15) is 0 Å². The summed E-state index contributed by atoms with van der Waals surface area (Å²) in [6, 6.07) is 3.89. The summed E-state index contributed by atoms with van der Waals surface area (Å²) in [6.07, 6.45) is 3.89. The average molecular weight is 417 g/mol. The Morgan fingerprint density at radius 2 is 1.73 bits per heavy atom. The van der Waals surface area contributed by atoms with Gasteiger partial charge in [0.1, 0.15) is 12.4 Å². The Kier molecular flexibility index (Phi) is 6.34. The van der Waals surface area contributed by atoms with Crippen LogP contribution in [0.5, 0.6) is 5.75 Å². The van der Waals surface area contributed by atoms with Crippen molar-refractivity contribution in [2.45, 2.75) is 0 Å². The Morgan fingerprint density at radius 1 is 1.13 bits per heavy atom. The smallest absolute Gasteiger partial charge is 0.148 e. The first kappa shape index (κ1) is 13.6. The van der Waals surface area contributed by atoms with Crippen molar-refractivity contribution in [2.24, 2.45) is 0 Å². The highest BCUT2D eigenvalue weighted by Gasteiger charge is 2.06. The fourth-order valence-electron chi connectivity index (χ4n) is 0.941. The molecule has 1 aromatic rings. The molecule has 0 spiro atoms. The average Bonchev–Trinajstić information content (AvgIpc) is 2.15. The largest absolute Gasteiger partial charge is 0.487 e. The maximum absolute atomic E-state index is 5.59. The molecule has 5 heteroatoms. The summed E-state index contributed by atoms with van der Waals surface area (Å²) in [5.74, 6) is 1.54. The fraction of sp³-hybridized carbons (Fsp3) is 0.200. The molecule has 0 heterocycles. The maximum Gasteiger partial charge on any atom is 0.148 e. The number of thiol groups is 1. The van der Waals surface area contributed by atoms with Crippen molar-refractivity contribution in [3.8, 4) is 5.75 Å². The van der Waals surface area contributed by atoms with E-state index in [4.69, 9.17) is 4.74 Å². The van der Waals surface area contributed by atoms with Crippen LogP contribution < -0.4 is 4.74 Å². The van der Waals surface area contributed by atoms with E-state index in [0.717, 1.165) is 24.9 Å². The van der Waals surface area contributed by atoms with Gasteiger partial charge in [-0.05, 0) is 44.0 Å². The monoisotopic (exact) mass is 414 g/mol. The second-order valence-electron chi connectivity index (χ2n) is 2.66. The van der Waals surface area contributed by atoms with Gasteiger partial charge in [0.05, 0.1) is 8.95 Å². The zero-order chi connectivity index (χ0) is 11.3. The van der Waals surface area contributed by atoms with E-state index in [0.29, 0.717) is 6.61 Å². The van der Waals surface area contributed by atoms with E-state index in [1.807, 2.05) is 24.3 Å². The van der Waals surface area contributed by atoms with Gasteiger partial charge in [-0.3, -0.25) is 0 Å². The van der Waals surface area contributed by atoms with Gasteiger partial charge in [-0.2, -0.15) is 12.6 Å². The third-order valence-corrected chi connectivity index (χ3v) is 3.41. The van der Waals surface area contributed by atoms with Crippen molar-refractivity contribution in [3.05, 3.63) is 37.7 Å². The normalized spacial score (nSPS) is 10.9. The summed E-state index contributed by atoms with van der Waals surface area (Å²) in [4.78, 5) is 0. The minimum absolute atomic E-state index is 0.541. The third-order valence-electron chi connectivity index (χ3n) is 1.56. The third kappa shape index (κ3) is 4.51. The van der Waals surface area contributed by atoms with Crippen molar-refractivity contribution in [1.82, 2.24) is 0 Å². The predicted octanol–water partition coefficient (Wildman–Crippen LogP) is 4.84. The molecule has 1 rings (SSSR count). The predicted molar refractivity (Wildman–Crippen MR) is 78.0 cm³/mol. The molecular weight excluding hydrogens is 408 g/mol. The van der Waals surface area contributed by atoms with Gasteiger partial charge in [-0.15, -0.1) is 0 Å². The summed E-state index contributed by atoms with van der Waals surface area (Å²) in [5.41, 5.74) is 0. The molecule has 0 bridgehead atoms. The summed E-state index contributed by atoms with van der Waals surface area (Å²) >= 11 is 14.4. The molecule has 0 amide bonds. The Hall–Kier alpha value is 0.550. The first-order valence-corrected chi connectivity index (χ1v) is 7.19. The molecule has 15 heavy (non-hydrogen) atoms. The van der Waals surface area contributed by atoms with Crippen LogP contribution in [0.4, 0.5) is 0 Å². The van der Waals surface area contributed by atoms with Crippen molar-refractivity contribution < 1.29 is 4.74 Å². The van der Waals surface area contributed by atoms with E-state index in [2.05, 4.69) is 60.4 Å². The topological polar surface area (TPSA) is 9.23 Å². The number of hydrogen-bond donors (Lipinski definition) is 1. The van der Waals surface area contributed by atoms with Crippen LogP contribution in [-0.2, 0) is 0 Å². The Morgan fingerprint density at radius 3 is 2.27 bits per heavy atom. The molecule has 1 nitrogen and oxygen atoms in total. The fourth-order valence-corrected chi connectivity index (χ4v) is 3.58. The highest BCUT2D eigenvalue weighted by atomic mass is 79.9. The number of rotatable bonds is 4. The minimum atomic E-state index is 0.541. The molecule has 0 unspecified atom stereocenters. The van der Waals surface area contributed by atoms with Gasteiger partial charge in [-0.1, -0.05) is 28.1 Å². The van der Waals surface area contributed by atoms with Gasteiger partial charge < -0.3 is 4.74 Å². The van der Waals surface area contributed by atoms with E-state index >= 15 is 0 Å². The van der Waals surface area contributed by atoms with Gasteiger partial charge in [0.2, 0.25) is 0 Å². The number of ether oxygens (including phenoxy) is 1. The van der Waals surface area contributed by atoms with Gasteiger partial charge in [-0.25, -0.2) is 0 Å². The quantitative estimate of drug-likeness (QED) is 0.546. The zero-order valence-electron chi connectivity index (χ0n) is 7.71. The second-order valence-corrected chi connectivity index (χ2v) is 5.65. The zero-order valence-corrected chi connectivity index (χ0v) is 13.4. The standard InChI is InChI=1S/C10H9Br3OS/c11-7-5-8(12)10(9(13)6-7)14-3-1-2-4-15/h1-2,5-6,15H,3-4H2. The molecular formula is C10H9Br3OS. The summed E-state index contributed by atoms with van der Waals surface area (Å²) in [5, 5.41) is 0. The van der Waals surface area contributed by atoms with Crippen molar-refractivity contribution in [3.63, 3.8) is 0 Å². The van der Waals surface area contributed by atoms with E-state index in [1.165, 1.54) is 0 Å². The minimum Gasteiger partial charge on any atom is -0.487 e. The molecule has 1 aromatic carbocycles. The molecule has 0 aliphatic heterocycles. The summed E-state index contributed by atoms with van der Waals surface area (Å²) in [7, 11) is 0. The number of benzene rings is 1.